The number of methoxy groups -OCH3 is 1. The van der Waals surface area contributed by atoms with Gasteiger partial charge in [0.2, 0.25) is 0 Å². The number of hydrogen-bond acceptors (Lipinski definition) is 2. The summed E-state index contributed by atoms with van der Waals surface area (Å²) in [4.78, 5) is 0. The Bertz CT molecular complexity index is 590. The fourth-order valence-electron chi connectivity index (χ4n) is 1.65. The Balaban J connectivity index is 2.12. The Kier molecular flexibility index (Phi) is 4.22. The monoisotopic (exact) mass is 283 g/mol. The predicted molar refractivity (Wildman–Crippen MR) is 71.7 cm³/mol. The lowest BCUT2D eigenvalue weighted by atomic mass is 10.2. The Morgan fingerprint density at radius 2 is 2.00 bits per heavy atom. The molecule has 0 radical (unpaired) electrons. The van der Waals surface area contributed by atoms with Gasteiger partial charge in [-0.15, -0.1) is 0 Å². The first-order valence-electron chi connectivity index (χ1n) is 5.62. The zero-order chi connectivity index (χ0) is 13.8. The van der Waals surface area contributed by atoms with Crippen LogP contribution < -0.4 is 10.1 Å². The molecule has 0 bridgehead atoms. The van der Waals surface area contributed by atoms with Gasteiger partial charge in [0.1, 0.15) is 5.82 Å². The van der Waals surface area contributed by atoms with Crippen LogP contribution in [0, 0.1) is 11.6 Å². The highest BCUT2D eigenvalue weighted by Crippen LogP contribution is 2.23. The third-order valence-corrected chi connectivity index (χ3v) is 2.96. The van der Waals surface area contributed by atoms with Gasteiger partial charge >= 0.3 is 0 Å². The summed E-state index contributed by atoms with van der Waals surface area (Å²) in [6.07, 6.45) is 0. The molecule has 2 rings (SSSR count). The summed E-state index contributed by atoms with van der Waals surface area (Å²) in [5, 5.41) is 3.00. The first-order chi connectivity index (χ1) is 9.11. The van der Waals surface area contributed by atoms with Crippen molar-refractivity contribution in [2.24, 2.45) is 0 Å². The van der Waals surface area contributed by atoms with Crippen LogP contribution in [0.25, 0.3) is 0 Å². The molecule has 0 fully saturated rings. The molecular formula is C14H12ClF2NO. The number of rotatable bonds is 4. The van der Waals surface area contributed by atoms with Gasteiger partial charge in [-0.1, -0.05) is 23.7 Å². The lowest BCUT2D eigenvalue weighted by molar-refractivity contribution is 0.384. The highest BCUT2D eigenvalue weighted by molar-refractivity contribution is 6.31. The Labute approximate surface area is 115 Å². The smallest absolute Gasteiger partial charge is 0.170 e. The molecule has 0 aliphatic rings. The molecule has 2 aromatic carbocycles. The summed E-state index contributed by atoms with van der Waals surface area (Å²) in [7, 11) is 1.41. The van der Waals surface area contributed by atoms with Crippen LogP contribution in [-0.2, 0) is 6.54 Å². The molecule has 2 nitrogen and oxygen atoms in total. The number of benzene rings is 2. The average Bonchev–Trinajstić information content (AvgIpc) is 2.41. The molecule has 0 saturated carbocycles. The van der Waals surface area contributed by atoms with Crippen LogP contribution in [0.15, 0.2) is 36.4 Å². The molecule has 0 atom stereocenters. The van der Waals surface area contributed by atoms with Crippen LogP contribution in [0.3, 0.4) is 0 Å². The van der Waals surface area contributed by atoms with E-state index in [9.17, 15) is 8.78 Å². The van der Waals surface area contributed by atoms with Crippen molar-refractivity contribution in [1.29, 1.82) is 0 Å². The molecule has 1 N–H and O–H groups in total. The summed E-state index contributed by atoms with van der Waals surface area (Å²) in [5.41, 5.74) is 1.08. The van der Waals surface area contributed by atoms with E-state index in [2.05, 4.69) is 5.32 Å². The molecule has 19 heavy (non-hydrogen) atoms. The fraction of sp³-hybridized carbons (Fsp3) is 0.143. The van der Waals surface area contributed by atoms with Crippen molar-refractivity contribution in [1.82, 2.24) is 0 Å². The van der Waals surface area contributed by atoms with Crippen molar-refractivity contribution < 1.29 is 13.5 Å². The van der Waals surface area contributed by atoms with Gasteiger partial charge in [-0.3, -0.25) is 0 Å². The summed E-state index contributed by atoms with van der Waals surface area (Å²) >= 11 is 5.67. The van der Waals surface area contributed by atoms with E-state index in [1.165, 1.54) is 19.2 Å². The molecule has 5 heteroatoms. The average molecular weight is 284 g/mol. The number of hydrogen-bond donors (Lipinski definition) is 1. The minimum atomic E-state index is -0.486. The van der Waals surface area contributed by atoms with Crippen LogP contribution in [0.2, 0.25) is 5.02 Å². The van der Waals surface area contributed by atoms with Gasteiger partial charge in [0.25, 0.3) is 0 Å². The maximum atomic E-state index is 13.9. The van der Waals surface area contributed by atoms with E-state index < -0.39 is 11.6 Å². The van der Waals surface area contributed by atoms with Crippen LogP contribution in [0.5, 0.6) is 5.75 Å². The number of ether oxygens (including phenoxy) is 1. The molecular weight excluding hydrogens is 272 g/mol. The van der Waals surface area contributed by atoms with Crippen molar-refractivity contribution in [3.63, 3.8) is 0 Å². The SMILES string of the molecule is COc1cccc(CNc2ccc(F)c(Cl)c2)c1F. The Morgan fingerprint density at radius 1 is 1.21 bits per heavy atom. The number of anilines is 1. The van der Waals surface area contributed by atoms with Gasteiger partial charge in [0.05, 0.1) is 12.1 Å². The van der Waals surface area contributed by atoms with Gasteiger partial charge in [0.15, 0.2) is 11.6 Å². The van der Waals surface area contributed by atoms with Crippen molar-refractivity contribution in [2.75, 3.05) is 12.4 Å². The Morgan fingerprint density at radius 3 is 2.68 bits per heavy atom. The maximum absolute atomic E-state index is 13.9. The molecule has 0 aliphatic heterocycles. The van der Waals surface area contributed by atoms with Crippen molar-refractivity contribution in [3.8, 4) is 5.75 Å². The van der Waals surface area contributed by atoms with Gasteiger partial charge < -0.3 is 10.1 Å². The predicted octanol–water partition coefficient (Wildman–Crippen LogP) is 4.24. The second-order valence-corrected chi connectivity index (χ2v) is 4.32. The normalized spacial score (nSPS) is 10.3. The third-order valence-electron chi connectivity index (χ3n) is 2.67. The van der Waals surface area contributed by atoms with E-state index in [1.807, 2.05) is 0 Å². The van der Waals surface area contributed by atoms with E-state index in [0.29, 0.717) is 11.3 Å². The maximum Gasteiger partial charge on any atom is 0.170 e. The molecule has 100 valence electrons. The van der Waals surface area contributed by atoms with Crippen molar-refractivity contribution in [2.45, 2.75) is 6.54 Å². The van der Waals surface area contributed by atoms with Crippen LogP contribution in [0.1, 0.15) is 5.56 Å². The summed E-state index contributed by atoms with van der Waals surface area (Å²) < 4.78 is 31.8. The topological polar surface area (TPSA) is 21.3 Å². The van der Waals surface area contributed by atoms with Gasteiger partial charge in [-0.2, -0.15) is 0 Å². The van der Waals surface area contributed by atoms with E-state index in [-0.39, 0.29) is 17.3 Å². The zero-order valence-electron chi connectivity index (χ0n) is 10.2. The lowest BCUT2D eigenvalue weighted by Gasteiger charge is -2.10. The minimum absolute atomic E-state index is 0.0242. The second-order valence-electron chi connectivity index (χ2n) is 3.92. The van der Waals surface area contributed by atoms with Crippen LogP contribution in [-0.4, -0.2) is 7.11 Å². The van der Waals surface area contributed by atoms with Crippen LogP contribution in [0.4, 0.5) is 14.5 Å². The van der Waals surface area contributed by atoms with E-state index in [4.69, 9.17) is 16.3 Å². The van der Waals surface area contributed by atoms with Crippen LogP contribution >= 0.6 is 11.6 Å². The van der Waals surface area contributed by atoms with E-state index in [0.717, 1.165) is 0 Å². The molecule has 2 aromatic rings. The molecule has 0 aliphatic carbocycles. The Hall–Kier alpha value is -1.81. The minimum Gasteiger partial charge on any atom is -0.494 e. The lowest BCUT2D eigenvalue weighted by Crippen LogP contribution is -2.03. The standard InChI is InChI=1S/C14H12ClF2NO/c1-19-13-4-2-3-9(14(13)17)8-18-10-5-6-12(16)11(15)7-10/h2-7,18H,8H2,1H3. The van der Waals surface area contributed by atoms with Crippen molar-refractivity contribution in [3.05, 3.63) is 58.6 Å². The van der Waals surface area contributed by atoms with Gasteiger partial charge in [-0.05, 0) is 24.3 Å². The molecule has 0 saturated heterocycles. The molecule has 0 spiro atoms. The fourth-order valence-corrected chi connectivity index (χ4v) is 1.83. The first kappa shape index (κ1) is 13.6. The highest BCUT2D eigenvalue weighted by Gasteiger charge is 2.08. The number of halogens is 3. The van der Waals surface area contributed by atoms with Gasteiger partial charge in [0, 0.05) is 17.8 Å². The molecule has 0 unspecified atom stereocenters. The summed E-state index contributed by atoms with van der Waals surface area (Å²) in [5.74, 6) is -0.707. The first-order valence-corrected chi connectivity index (χ1v) is 6.00. The zero-order valence-corrected chi connectivity index (χ0v) is 11.0. The van der Waals surface area contributed by atoms with E-state index in [1.54, 1.807) is 24.3 Å². The molecule has 0 amide bonds. The molecule has 0 heterocycles. The molecule has 0 aromatic heterocycles. The summed E-state index contributed by atoms with van der Waals surface area (Å²) in [6, 6.07) is 9.15. The quantitative estimate of drug-likeness (QED) is 0.906. The van der Waals surface area contributed by atoms with Crippen molar-refractivity contribution >= 4 is 17.3 Å². The second kappa shape index (κ2) is 5.89. The largest absolute Gasteiger partial charge is 0.494 e. The van der Waals surface area contributed by atoms with Gasteiger partial charge in [-0.25, -0.2) is 8.78 Å². The third kappa shape index (κ3) is 3.15. The summed E-state index contributed by atoms with van der Waals surface area (Å²) in [6.45, 7) is 0.255. The number of nitrogens with one attached hydrogen (secondary N) is 1. The highest BCUT2D eigenvalue weighted by atomic mass is 35.5. The van der Waals surface area contributed by atoms with E-state index >= 15 is 0 Å².